The van der Waals surface area contributed by atoms with Crippen LogP contribution in [0.4, 0.5) is 24.7 Å². The summed E-state index contributed by atoms with van der Waals surface area (Å²) in [5.41, 5.74) is -0.548. The van der Waals surface area contributed by atoms with E-state index in [1.54, 1.807) is 0 Å². The van der Waals surface area contributed by atoms with Crippen LogP contribution in [0.3, 0.4) is 0 Å². The number of halogens is 3. The maximum Gasteiger partial charge on any atom is 0.418 e. The van der Waals surface area contributed by atoms with E-state index in [1.165, 1.54) is 36.5 Å². The maximum atomic E-state index is 13.0. The summed E-state index contributed by atoms with van der Waals surface area (Å²) in [5.74, 6) is -0.0939. The number of pyridine rings is 1. The van der Waals surface area contributed by atoms with Crippen LogP contribution in [-0.2, 0) is 6.18 Å². The lowest BCUT2D eigenvalue weighted by atomic mass is 10.1. The average Bonchev–Trinajstić information content (AvgIpc) is 2.58. The van der Waals surface area contributed by atoms with E-state index in [0.717, 1.165) is 25.3 Å². The molecule has 0 aliphatic rings. The zero-order valence-electron chi connectivity index (χ0n) is 13.9. The molecule has 0 saturated carbocycles. The fraction of sp³-hybridized carbons (Fsp3) is 0.333. The van der Waals surface area contributed by atoms with Crippen LogP contribution in [0.1, 0.15) is 42.1 Å². The van der Waals surface area contributed by atoms with Crippen molar-refractivity contribution in [1.29, 1.82) is 0 Å². The van der Waals surface area contributed by atoms with Gasteiger partial charge in [0.2, 0.25) is 0 Å². The van der Waals surface area contributed by atoms with Gasteiger partial charge in [-0.25, -0.2) is 4.98 Å². The second kappa shape index (κ2) is 8.50. The molecular weight excluding hydrogens is 331 g/mol. The van der Waals surface area contributed by atoms with Crippen molar-refractivity contribution in [2.45, 2.75) is 32.4 Å². The lowest BCUT2D eigenvalue weighted by molar-refractivity contribution is -0.136. The number of para-hydroxylation sites is 1. The normalized spacial score (nSPS) is 11.2. The number of carbonyl (C=O) groups excluding carboxylic acids is 1. The molecule has 0 aliphatic heterocycles. The van der Waals surface area contributed by atoms with Gasteiger partial charge in [0, 0.05) is 18.3 Å². The third-order valence-electron chi connectivity index (χ3n) is 3.58. The Hall–Kier alpha value is -2.57. The van der Waals surface area contributed by atoms with Gasteiger partial charge < -0.3 is 10.6 Å². The molecule has 134 valence electrons. The number of aromatic nitrogens is 1. The standard InChI is InChI=1S/C18H20F3N3O/c1-2-3-6-10-23-17(25)13-9-11-22-16(12-13)24-15-8-5-4-7-14(15)18(19,20)21/h4-5,7-9,11-12H,2-3,6,10H2,1H3,(H,22,24)(H,23,25). The van der Waals surface area contributed by atoms with Crippen molar-refractivity contribution in [1.82, 2.24) is 10.3 Å². The van der Waals surface area contributed by atoms with Gasteiger partial charge in [-0.1, -0.05) is 31.9 Å². The summed E-state index contributed by atoms with van der Waals surface area (Å²) in [6.45, 7) is 2.64. The number of amides is 1. The molecule has 25 heavy (non-hydrogen) atoms. The highest BCUT2D eigenvalue weighted by Crippen LogP contribution is 2.35. The number of rotatable bonds is 7. The molecule has 2 rings (SSSR count). The number of hydrogen-bond donors (Lipinski definition) is 2. The first kappa shape index (κ1) is 18.8. The number of nitrogens with one attached hydrogen (secondary N) is 2. The zero-order chi connectivity index (χ0) is 18.3. The predicted octanol–water partition coefficient (Wildman–Crippen LogP) is 4.76. The molecule has 0 unspecified atom stereocenters. The summed E-state index contributed by atoms with van der Waals surface area (Å²) in [6, 6.07) is 8.09. The van der Waals surface area contributed by atoms with Crippen LogP contribution in [0.15, 0.2) is 42.6 Å². The molecular formula is C18H20F3N3O. The lowest BCUT2D eigenvalue weighted by Gasteiger charge is -2.14. The lowest BCUT2D eigenvalue weighted by Crippen LogP contribution is -2.24. The molecule has 7 heteroatoms. The molecule has 0 atom stereocenters. The molecule has 0 bridgehead atoms. The second-order valence-corrected chi connectivity index (χ2v) is 5.56. The molecule has 2 N–H and O–H groups in total. The van der Waals surface area contributed by atoms with Crippen LogP contribution in [-0.4, -0.2) is 17.4 Å². The van der Waals surface area contributed by atoms with Crippen LogP contribution in [0.25, 0.3) is 0 Å². The molecule has 1 amide bonds. The second-order valence-electron chi connectivity index (χ2n) is 5.56. The molecule has 0 aliphatic carbocycles. The highest BCUT2D eigenvalue weighted by atomic mass is 19.4. The van der Waals surface area contributed by atoms with Gasteiger partial charge in [0.15, 0.2) is 0 Å². The molecule has 1 aromatic carbocycles. The number of unbranched alkanes of at least 4 members (excludes halogenated alkanes) is 2. The third-order valence-corrected chi connectivity index (χ3v) is 3.58. The van der Waals surface area contributed by atoms with Gasteiger partial charge >= 0.3 is 6.18 Å². The van der Waals surface area contributed by atoms with E-state index in [9.17, 15) is 18.0 Å². The fourth-order valence-electron chi connectivity index (χ4n) is 2.30. The van der Waals surface area contributed by atoms with Crippen LogP contribution in [0, 0.1) is 0 Å². The van der Waals surface area contributed by atoms with Crippen molar-refractivity contribution in [2.24, 2.45) is 0 Å². The Morgan fingerprint density at radius 2 is 1.92 bits per heavy atom. The van der Waals surface area contributed by atoms with Gasteiger partial charge in [-0.15, -0.1) is 0 Å². The van der Waals surface area contributed by atoms with Gasteiger partial charge in [-0.2, -0.15) is 13.2 Å². The van der Waals surface area contributed by atoms with Gasteiger partial charge in [0.1, 0.15) is 5.82 Å². The number of hydrogen-bond acceptors (Lipinski definition) is 3. The molecule has 2 aromatic rings. The number of nitrogens with zero attached hydrogens (tertiary/aromatic N) is 1. The molecule has 0 fully saturated rings. The molecule has 4 nitrogen and oxygen atoms in total. The SMILES string of the molecule is CCCCCNC(=O)c1ccnc(Nc2ccccc2C(F)(F)F)c1. The highest BCUT2D eigenvalue weighted by Gasteiger charge is 2.33. The van der Waals surface area contributed by atoms with Crippen molar-refractivity contribution in [2.75, 3.05) is 11.9 Å². The van der Waals surface area contributed by atoms with Crippen LogP contribution in [0.5, 0.6) is 0 Å². The molecule has 0 spiro atoms. The number of alkyl halides is 3. The first-order valence-corrected chi connectivity index (χ1v) is 8.09. The number of anilines is 2. The Kier molecular flexibility index (Phi) is 6.38. The van der Waals surface area contributed by atoms with Gasteiger partial charge in [0.05, 0.1) is 11.3 Å². The van der Waals surface area contributed by atoms with Crippen LogP contribution < -0.4 is 10.6 Å². The smallest absolute Gasteiger partial charge is 0.352 e. The number of benzene rings is 1. The van der Waals surface area contributed by atoms with E-state index in [4.69, 9.17) is 0 Å². The molecule has 1 aromatic heterocycles. The Labute approximate surface area is 144 Å². The minimum absolute atomic E-state index is 0.108. The Bertz CT molecular complexity index is 717. The summed E-state index contributed by atoms with van der Waals surface area (Å²) in [7, 11) is 0. The minimum atomic E-state index is -4.47. The van der Waals surface area contributed by atoms with Gasteiger partial charge in [0.25, 0.3) is 5.91 Å². The summed E-state index contributed by atoms with van der Waals surface area (Å²) in [4.78, 5) is 16.1. The summed E-state index contributed by atoms with van der Waals surface area (Å²) in [5, 5.41) is 5.43. The van der Waals surface area contributed by atoms with Gasteiger partial charge in [-0.3, -0.25) is 4.79 Å². The Morgan fingerprint density at radius 3 is 2.64 bits per heavy atom. The predicted molar refractivity (Wildman–Crippen MR) is 90.8 cm³/mol. The van der Waals surface area contributed by atoms with Crippen LogP contribution in [0.2, 0.25) is 0 Å². The van der Waals surface area contributed by atoms with Gasteiger partial charge in [-0.05, 0) is 30.7 Å². The van der Waals surface area contributed by atoms with Crippen molar-refractivity contribution in [3.8, 4) is 0 Å². The topological polar surface area (TPSA) is 54.0 Å². The maximum absolute atomic E-state index is 13.0. The Balaban J connectivity index is 2.11. The largest absolute Gasteiger partial charge is 0.418 e. The third kappa shape index (κ3) is 5.48. The quantitative estimate of drug-likeness (QED) is 0.707. The summed E-state index contributed by atoms with van der Waals surface area (Å²) < 4.78 is 39.1. The molecule has 0 saturated heterocycles. The summed E-state index contributed by atoms with van der Waals surface area (Å²) >= 11 is 0. The van der Waals surface area contributed by atoms with Crippen LogP contribution >= 0.6 is 0 Å². The van der Waals surface area contributed by atoms with E-state index in [-0.39, 0.29) is 17.4 Å². The summed E-state index contributed by atoms with van der Waals surface area (Å²) in [6.07, 6.45) is -0.121. The first-order valence-electron chi connectivity index (χ1n) is 8.09. The van der Waals surface area contributed by atoms with Crippen molar-refractivity contribution in [3.63, 3.8) is 0 Å². The monoisotopic (exact) mass is 351 g/mol. The number of carbonyl (C=O) groups is 1. The van der Waals surface area contributed by atoms with E-state index >= 15 is 0 Å². The zero-order valence-corrected chi connectivity index (χ0v) is 13.9. The van der Waals surface area contributed by atoms with E-state index in [2.05, 4.69) is 22.5 Å². The van der Waals surface area contributed by atoms with E-state index in [1.807, 2.05) is 0 Å². The highest BCUT2D eigenvalue weighted by molar-refractivity contribution is 5.94. The van der Waals surface area contributed by atoms with Crippen molar-refractivity contribution >= 4 is 17.4 Å². The molecule has 0 radical (unpaired) electrons. The fourth-order valence-corrected chi connectivity index (χ4v) is 2.30. The van der Waals surface area contributed by atoms with E-state index < -0.39 is 11.7 Å². The molecule has 1 heterocycles. The Morgan fingerprint density at radius 1 is 1.16 bits per heavy atom. The average molecular weight is 351 g/mol. The minimum Gasteiger partial charge on any atom is -0.352 e. The van der Waals surface area contributed by atoms with Crippen molar-refractivity contribution < 1.29 is 18.0 Å². The first-order chi connectivity index (χ1) is 11.9. The van der Waals surface area contributed by atoms with Crippen molar-refractivity contribution in [3.05, 3.63) is 53.7 Å². The van der Waals surface area contributed by atoms with E-state index in [0.29, 0.717) is 12.1 Å².